The van der Waals surface area contributed by atoms with Crippen LogP contribution in [0.1, 0.15) is 11.4 Å². The molecule has 6 nitrogen and oxygen atoms in total. The first kappa shape index (κ1) is 10.3. The Hall–Kier alpha value is -2.63. The van der Waals surface area contributed by atoms with E-state index in [4.69, 9.17) is 0 Å². The number of fused-ring (bicyclic) bond motifs is 3. The summed E-state index contributed by atoms with van der Waals surface area (Å²) in [6, 6.07) is 9.86. The Morgan fingerprint density at radius 1 is 1.16 bits per heavy atom. The van der Waals surface area contributed by atoms with Crippen molar-refractivity contribution in [2.45, 2.75) is 12.8 Å². The minimum atomic E-state index is 0.467. The van der Waals surface area contributed by atoms with Gasteiger partial charge < -0.3 is 10.2 Å². The van der Waals surface area contributed by atoms with Gasteiger partial charge in [-0.15, -0.1) is 0 Å². The fraction of sp³-hybridized carbons (Fsp3) is 0.154. The molecule has 19 heavy (non-hydrogen) atoms. The van der Waals surface area contributed by atoms with Crippen molar-refractivity contribution in [3.05, 3.63) is 46.9 Å². The summed E-state index contributed by atoms with van der Waals surface area (Å²) in [7, 11) is 0. The molecule has 0 saturated heterocycles. The van der Waals surface area contributed by atoms with Crippen LogP contribution < -0.4 is 4.90 Å². The zero-order chi connectivity index (χ0) is 12.8. The summed E-state index contributed by atoms with van der Waals surface area (Å²) in [5, 5.41) is 15.2. The molecule has 0 aliphatic heterocycles. The molecule has 2 aromatic heterocycles. The molecule has 0 amide bonds. The van der Waals surface area contributed by atoms with Gasteiger partial charge >= 0.3 is 0 Å². The molecule has 3 aromatic rings. The molecule has 0 radical (unpaired) electrons. The first-order chi connectivity index (χ1) is 9.33. The van der Waals surface area contributed by atoms with Gasteiger partial charge in [-0.05, 0) is 11.3 Å². The lowest BCUT2D eigenvalue weighted by molar-refractivity contribution is -0.807. The first-order valence-corrected chi connectivity index (χ1v) is 6.06. The number of H-pyrrole nitrogens is 1. The van der Waals surface area contributed by atoms with E-state index < -0.39 is 0 Å². The highest BCUT2D eigenvalue weighted by atomic mass is 16.8. The third kappa shape index (κ3) is 1.46. The van der Waals surface area contributed by atoms with E-state index in [0.29, 0.717) is 22.7 Å². The third-order valence-corrected chi connectivity index (χ3v) is 3.36. The molecule has 94 valence electrons. The number of nitrogens with one attached hydrogen (secondary N) is 1. The summed E-state index contributed by atoms with van der Waals surface area (Å²) in [4.78, 5) is 8.31. The lowest BCUT2D eigenvalue weighted by atomic mass is 10.0. The second-order valence-electron chi connectivity index (χ2n) is 4.50. The summed E-state index contributed by atoms with van der Waals surface area (Å²) in [5.74, 6) is 0.791. The quantitative estimate of drug-likeness (QED) is 0.666. The molecule has 0 bridgehead atoms. The molecule has 1 aliphatic rings. The maximum absolute atomic E-state index is 11.4. The SMILES string of the molecule is [O-][n+]1onc2c1CCc1[nH]c(-c3ccccc3)nc1-2. The van der Waals surface area contributed by atoms with E-state index in [1.54, 1.807) is 0 Å². The van der Waals surface area contributed by atoms with Crippen molar-refractivity contribution in [3.8, 4) is 22.8 Å². The zero-order valence-electron chi connectivity index (χ0n) is 9.96. The second-order valence-corrected chi connectivity index (χ2v) is 4.50. The number of hydrogen-bond acceptors (Lipinski definition) is 4. The van der Waals surface area contributed by atoms with Gasteiger partial charge in [0.15, 0.2) is 0 Å². The predicted octanol–water partition coefficient (Wildman–Crippen LogP) is 1.46. The van der Waals surface area contributed by atoms with Gasteiger partial charge in [0.25, 0.3) is 5.69 Å². The van der Waals surface area contributed by atoms with Gasteiger partial charge in [-0.1, -0.05) is 30.3 Å². The van der Waals surface area contributed by atoms with Gasteiger partial charge in [-0.25, -0.2) is 4.98 Å². The Bertz CT molecular complexity index is 745. The fourth-order valence-corrected chi connectivity index (χ4v) is 2.42. The van der Waals surface area contributed by atoms with Gasteiger partial charge in [0.2, 0.25) is 5.69 Å². The first-order valence-electron chi connectivity index (χ1n) is 6.06. The van der Waals surface area contributed by atoms with E-state index in [1.165, 1.54) is 0 Å². The van der Waals surface area contributed by atoms with Gasteiger partial charge in [0, 0.05) is 22.8 Å². The molecule has 1 aromatic carbocycles. The molecule has 0 unspecified atom stereocenters. The van der Waals surface area contributed by atoms with Crippen LogP contribution in [0.3, 0.4) is 0 Å². The van der Waals surface area contributed by atoms with Crippen LogP contribution in [-0.2, 0) is 12.8 Å². The van der Waals surface area contributed by atoms with Crippen molar-refractivity contribution in [2.75, 3.05) is 0 Å². The zero-order valence-corrected chi connectivity index (χ0v) is 9.96. The van der Waals surface area contributed by atoms with E-state index in [-0.39, 0.29) is 0 Å². The van der Waals surface area contributed by atoms with Crippen LogP contribution in [0, 0.1) is 5.21 Å². The van der Waals surface area contributed by atoms with E-state index in [1.807, 2.05) is 30.3 Å². The highest BCUT2D eigenvalue weighted by Gasteiger charge is 2.31. The molecule has 0 atom stereocenters. The van der Waals surface area contributed by atoms with Crippen LogP contribution in [0.15, 0.2) is 35.0 Å². The predicted molar refractivity (Wildman–Crippen MR) is 65.9 cm³/mol. The van der Waals surface area contributed by atoms with Crippen molar-refractivity contribution in [1.82, 2.24) is 15.1 Å². The van der Waals surface area contributed by atoms with Crippen LogP contribution in [0.25, 0.3) is 22.8 Å². The topological polar surface area (TPSA) is 81.6 Å². The van der Waals surface area contributed by atoms with Crippen molar-refractivity contribution in [3.63, 3.8) is 0 Å². The van der Waals surface area contributed by atoms with Crippen LogP contribution in [0.2, 0.25) is 0 Å². The number of aromatic nitrogens is 4. The lowest BCUT2D eigenvalue weighted by Gasteiger charge is -2.03. The van der Waals surface area contributed by atoms with E-state index in [9.17, 15) is 5.21 Å². The van der Waals surface area contributed by atoms with Gasteiger partial charge in [0.1, 0.15) is 11.5 Å². The largest absolute Gasteiger partial charge is 0.359 e. The third-order valence-electron chi connectivity index (χ3n) is 3.36. The van der Waals surface area contributed by atoms with Crippen molar-refractivity contribution in [2.24, 2.45) is 0 Å². The maximum Gasteiger partial charge on any atom is 0.271 e. The summed E-state index contributed by atoms with van der Waals surface area (Å²) >= 11 is 0. The summed E-state index contributed by atoms with van der Waals surface area (Å²) < 4.78 is 4.65. The molecule has 1 N–H and O–H groups in total. The number of imidazole rings is 1. The van der Waals surface area contributed by atoms with Crippen LogP contribution in [-0.4, -0.2) is 15.1 Å². The molecular weight excluding hydrogens is 244 g/mol. The lowest BCUT2D eigenvalue weighted by Crippen LogP contribution is -2.29. The van der Waals surface area contributed by atoms with Gasteiger partial charge in [-0.3, -0.25) is 4.63 Å². The molecule has 4 rings (SSSR count). The Morgan fingerprint density at radius 2 is 2.00 bits per heavy atom. The van der Waals surface area contributed by atoms with E-state index >= 15 is 0 Å². The van der Waals surface area contributed by atoms with Crippen molar-refractivity contribution < 1.29 is 9.53 Å². The Kier molecular flexibility index (Phi) is 2.00. The second kappa shape index (κ2) is 3.68. The molecular formula is C13H10N4O2. The minimum Gasteiger partial charge on any atom is -0.359 e. The Balaban J connectivity index is 1.87. The molecule has 1 aliphatic carbocycles. The summed E-state index contributed by atoms with van der Waals surface area (Å²) in [6.45, 7) is 0. The van der Waals surface area contributed by atoms with E-state index in [0.717, 1.165) is 29.2 Å². The van der Waals surface area contributed by atoms with Gasteiger partial charge in [-0.2, -0.15) is 0 Å². The summed E-state index contributed by atoms with van der Waals surface area (Å²) in [6.07, 6.45) is 1.36. The molecule has 2 heterocycles. The number of nitrogens with zero attached hydrogens (tertiary/aromatic N) is 3. The number of hydrogen-bond donors (Lipinski definition) is 1. The maximum atomic E-state index is 11.4. The van der Waals surface area contributed by atoms with Gasteiger partial charge in [0.05, 0.1) is 0 Å². The Labute approximate surface area is 108 Å². The Morgan fingerprint density at radius 3 is 2.84 bits per heavy atom. The smallest absolute Gasteiger partial charge is 0.271 e. The number of aromatic amines is 1. The monoisotopic (exact) mass is 254 g/mol. The molecule has 0 fully saturated rings. The average molecular weight is 254 g/mol. The highest BCUT2D eigenvalue weighted by Crippen LogP contribution is 2.30. The van der Waals surface area contributed by atoms with Crippen LogP contribution >= 0.6 is 0 Å². The van der Waals surface area contributed by atoms with Crippen LogP contribution in [0.4, 0.5) is 0 Å². The normalized spacial score (nSPS) is 13.1. The molecule has 0 spiro atoms. The number of benzene rings is 1. The minimum absolute atomic E-state index is 0.467. The van der Waals surface area contributed by atoms with Crippen molar-refractivity contribution >= 4 is 0 Å². The number of aryl methyl sites for hydroxylation is 1. The average Bonchev–Trinajstić information content (AvgIpc) is 3.03. The summed E-state index contributed by atoms with van der Waals surface area (Å²) in [5.41, 5.74) is 3.84. The van der Waals surface area contributed by atoms with E-state index in [2.05, 4.69) is 19.8 Å². The molecule has 0 saturated carbocycles. The fourth-order valence-electron chi connectivity index (χ4n) is 2.42. The molecule has 6 heteroatoms. The van der Waals surface area contributed by atoms with Crippen LogP contribution in [0.5, 0.6) is 0 Å². The standard InChI is InChI=1S/C13H10N4O2/c18-17-10-7-6-9-11(12(10)16-19-17)15-13(14-9)8-4-2-1-3-5-8/h1-5H,6-7H2,(H,14,15). The highest BCUT2D eigenvalue weighted by molar-refractivity contribution is 5.67. The van der Waals surface area contributed by atoms with Crippen molar-refractivity contribution in [1.29, 1.82) is 0 Å². The number of rotatable bonds is 1.